The summed E-state index contributed by atoms with van der Waals surface area (Å²) in [6.07, 6.45) is 0.580. The van der Waals surface area contributed by atoms with Crippen LogP contribution in [0.15, 0.2) is 28.7 Å². The van der Waals surface area contributed by atoms with Crippen LogP contribution >= 0.6 is 15.9 Å². The predicted octanol–water partition coefficient (Wildman–Crippen LogP) is 2.23. The topological polar surface area (TPSA) is 49.8 Å². The smallest absolute Gasteiger partial charge is 0.105 e. The summed E-state index contributed by atoms with van der Waals surface area (Å²) in [5.74, 6) is 0. The molecule has 0 amide bonds. The lowest BCUT2D eigenvalue weighted by Crippen LogP contribution is -2.36. The molecule has 2 N–H and O–H groups in total. The largest absolute Gasteiger partial charge is 0.313 e. The molecule has 0 aliphatic rings. The molecule has 0 spiro atoms. The third kappa shape index (κ3) is 3.17. The van der Waals surface area contributed by atoms with Crippen LogP contribution in [-0.2, 0) is 6.42 Å². The minimum Gasteiger partial charge on any atom is -0.313 e. The van der Waals surface area contributed by atoms with Gasteiger partial charge in [0, 0.05) is 10.9 Å². The maximum atomic E-state index is 8.73. The third-order valence-electron chi connectivity index (χ3n) is 1.74. The van der Waals surface area contributed by atoms with Crippen molar-refractivity contribution >= 4 is 15.9 Å². The van der Waals surface area contributed by atoms with E-state index in [2.05, 4.69) is 22.0 Å². The highest BCUT2D eigenvalue weighted by atomic mass is 79.9. The highest BCUT2D eigenvalue weighted by Gasteiger charge is 2.17. The van der Waals surface area contributed by atoms with Crippen LogP contribution in [0.1, 0.15) is 12.5 Å². The van der Waals surface area contributed by atoms with Gasteiger partial charge in [0.1, 0.15) is 5.54 Å². The van der Waals surface area contributed by atoms with Crippen LogP contribution in [0.5, 0.6) is 0 Å². The van der Waals surface area contributed by atoms with Gasteiger partial charge in [-0.15, -0.1) is 0 Å². The Balaban J connectivity index is 2.77. The van der Waals surface area contributed by atoms with Gasteiger partial charge in [0.15, 0.2) is 0 Å². The maximum Gasteiger partial charge on any atom is 0.105 e. The Labute approximate surface area is 86.5 Å². The van der Waals surface area contributed by atoms with Gasteiger partial charge in [0.25, 0.3) is 0 Å². The maximum absolute atomic E-state index is 8.73. The minimum absolute atomic E-state index is 0.580. The number of nitriles is 1. The summed E-state index contributed by atoms with van der Waals surface area (Å²) in [5.41, 5.74) is 6.02. The van der Waals surface area contributed by atoms with E-state index < -0.39 is 5.54 Å². The van der Waals surface area contributed by atoms with E-state index in [1.54, 1.807) is 6.92 Å². The first-order valence-corrected chi connectivity index (χ1v) is 4.77. The van der Waals surface area contributed by atoms with Gasteiger partial charge in [-0.1, -0.05) is 28.1 Å². The van der Waals surface area contributed by atoms with Crippen LogP contribution in [-0.4, -0.2) is 5.54 Å². The summed E-state index contributed by atoms with van der Waals surface area (Å²) in [6, 6.07) is 9.89. The predicted molar refractivity (Wildman–Crippen MR) is 56.1 cm³/mol. The lowest BCUT2D eigenvalue weighted by molar-refractivity contribution is 0.596. The number of nitrogens with two attached hydrogens (primary N) is 1. The van der Waals surface area contributed by atoms with E-state index in [9.17, 15) is 0 Å². The van der Waals surface area contributed by atoms with Crippen molar-refractivity contribution in [1.82, 2.24) is 0 Å². The molecule has 1 rings (SSSR count). The monoisotopic (exact) mass is 238 g/mol. The molecule has 1 aromatic rings. The first-order chi connectivity index (χ1) is 6.03. The van der Waals surface area contributed by atoms with Crippen LogP contribution in [0.3, 0.4) is 0 Å². The second-order valence-corrected chi connectivity index (χ2v) is 4.25. The molecule has 1 aromatic carbocycles. The van der Waals surface area contributed by atoms with Gasteiger partial charge < -0.3 is 5.73 Å². The molecule has 0 heterocycles. The average Bonchev–Trinajstić information content (AvgIpc) is 2.09. The van der Waals surface area contributed by atoms with Crippen molar-refractivity contribution in [3.63, 3.8) is 0 Å². The first-order valence-electron chi connectivity index (χ1n) is 3.98. The van der Waals surface area contributed by atoms with Crippen molar-refractivity contribution in [3.8, 4) is 6.07 Å². The van der Waals surface area contributed by atoms with Crippen molar-refractivity contribution in [3.05, 3.63) is 34.3 Å². The Morgan fingerprint density at radius 3 is 2.46 bits per heavy atom. The molecule has 0 bridgehead atoms. The lowest BCUT2D eigenvalue weighted by Gasteiger charge is -2.14. The molecule has 0 aliphatic carbocycles. The van der Waals surface area contributed by atoms with Crippen molar-refractivity contribution in [2.24, 2.45) is 5.73 Å². The van der Waals surface area contributed by atoms with Gasteiger partial charge in [-0.25, -0.2) is 0 Å². The molecule has 3 heteroatoms. The van der Waals surface area contributed by atoms with E-state index in [1.165, 1.54) is 0 Å². The Morgan fingerprint density at radius 1 is 1.46 bits per heavy atom. The normalized spacial score (nSPS) is 14.6. The molecule has 2 nitrogen and oxygen atoms in total. The highest BCUT2D eigenvalue weighted by molar-refractivity contribution is 9.10. The Kier molecular flexibility index (Phi) is 3.07. The van der Waals surface area contributed by atoms with Gasteiger partial charge in [-0.05, 0) is 24.6 Å². The van der Waals surface area contributed by atoms with Crippen LogP contribution in [0.4, 0.5) is 0 Å². The molecular weight excluding hydrogens is 228 g/mol. The molecule has 0 saturated carbocycles. The summed E-state index contributed by atoms with van der Waals surface area (Å²) >= 11 is 3.35. The van der Waals surface area contributed by atoms with Gasteiger partial charge in [-0.2, -0.15) is 5.26 Å². The fourth-order valence-electron chi connectivity index (χ4n) is 1.07. The number of hydrogen-bond donors (Lipinski definition) is 1. The van der Waals surface area contributed by atoms with E-state index in [0.717, 1.165) is 10.0 Å². The minimum atomic E-state index is -0.770. The van der Waals surface area contributed by atoms with Crippen molar-refractivity contribution in [2.75, 3.05) is 0 Å². The van der Waals surface area contributed by atoms with E-state index in [0.29, 0.717) is 6.42 Å². The summed E-state index contributed by atoms with van der Waals surface area (Å²) in [7, 11) is 0. The zero-order valence-corrected chi connectivity index (χ0v) is 9.01. The molecule has 1 atom stereocenters. The molecular formula is C10H11BrN2. The zero-order valence-electron chi connectivity index (χ0n) is 7.42. The van der Waals surface area contributed by atoms with E-state index in [4.69, 9.17) is 11.0 Å². The molecule has 0 radical (unpaired) electrons. The Bertz CT molecular complexity index is 322. The fraction of sp³-hybridized carbons (Fsp3) is 0.300. The quantitative estimate of drug-likeness (QED) is 0.860. The SMILES string of the molecule is CC(N)(C#N)Cc1ccc(Br)cc1. The summed E-state index contributed by atoms with van der Waals surface area (Å²) in [4.78, 5) is 0. The lowest BCUT2D eigenvalue weighted by atomic mass is 9.96. The Morgan fingerprint density at radius 2 is 2.00 bits per heavy atom. The van der Waals surface area contributed by atoms with Gasteiger partial charge >= 0.3 is 0 Å². The van der Waals surface area contributed by atoms with Gasteiger partial charge in [0.2, 0.25) is 0 Å². The number of rotatable bonds is 2. The molecule has 0 aliphatic heterocycles. The number of hydrogen-bond acceptors (Lipinski definition) is 2. The van der Waals surface area contributed by atoms with Gasteiger partial charge in [-0.3, -0.25) is 0 Å². The molecule has 1 unspecified atom stereocenters. The second-order valence-electron chi connectivity index (χ2n) is 3.33. The highest BCUT2D eigenvalue weighted by Crippen LogP contribution is 2.14. The summed E-state index contributed by atoms with van der Waals surface area (Å²) in [5, 5.41) is 8.73. The molecule has 0 fully saturated rings. The second kappa shape index (κ2) is 3.91. The first kappa shape index (κ1) is 10.2. The standard InChI is InChI=1S/C10H11BrN2/c1-10(13,7-12)6-8-2-4-9(11)5-3-8/h2-5H,6,13H2,1H3. The van der Waals surface area contributed by atoms with E-state index in [-0.39, 0.29) is 0 Å². The van der Waals surface area contributed by atoms with E-state index >= 15 is 0 Å². The summed E-state index contributed by atoms with van der Waals surface area (Å²) in [6.45, 7) is 1.73. The Hall–Kier alpha value is -0.850. The number of halogens is 1. The summed E-state index contributed by atoms with van der Waals surface area (Å²) < 4.78 is 1.03. The van der Waals surface area contributed by atoms with E-state index in [1.807, 2.05) is 24.3 Å². The molecule has 0 aromatic heterocycles. The number of benzene rings is 1. The van der Waals surface area contributed by atoms with Crippen LogP contribution in [0.2, 0.25) is 0 Å². The van der Waals surface area contributed by atoms with Crippen LogP contribution in [0.25, 0.3) is 0 Å². The van der Waals surface area contributed by atoms with Gasteiger partial charge in [0.05, 0.1) is 6.07 Å². The van der Waals surface area contributed by atoms with Crippen LogP contribution < -0.4 is 5.73 Å². The molecule has 68 valence electrons. The van der Waals surface area contributed by atoms with Crippen LogP contribution in [0, 0.1) is 11.3 Å². The molecule has 13 heavy (non-hydrogen) atoms. The van der Waals surface area contributed by atoms with Crippen molar-refractivity contribution in [2.45, 2.75) is 18.9 Å². The van der Waals surface area contributed by atoms with Crippen molar-refractivity contribution < 1.29 is 0 Å². The fourth-order valence-corrected chi connectivity index (χ4v) is 1.33. The third-order valence-corrected chi connectivity index (χ3v) is 2.27. The van der Waals surface area contributed by atoms with Crippen molar-refractivity contribution in [1.29, 1.82) is 5.26 Å². The zero-order chi connectivity index (χ0) is 9.90. The molecule has 0 saturated heterocycles. The average molecular weight is 239 g/mol. The number of nitrogens with zero attached hydrogens (tertiary/aromatic N) is 1.